The summed E-state index contributed by atoms with van der Waals surface area (Å²) in [4.78, 5) is 27.8. The molecule has 0 saturated carbocycles. The van der Waals surface area contributed by atoms with Crippen molar-refractivity contribution in [1.29, 1.82) is 10.5 Å². The molecule has 0 bridgehead atoms. The number of methoxy groups -OCH3 is 2. The molecule has 0 fully saturated rings. The van der Waals surface area contributed by atoms with Gasteiger partial charge in [-0.15, -0.1) is 0 Å². The third-order valence-corrected chi connectivity index (χ3v) is 7.45. The number of ether oxygens (including phenoxy) is 2. The first-order valence-corrected chi connectivity index (χ1v) is 11.4. The first-order valence-electron chi connectivity index (χ1n) is 11.4. The van der Waals surface area contributed by atoms with Crippen molar-refractivity contribution in [1.82, 2.24) is 9.80 Å². The molecule has 188 valence electrons. The highest BCUT2D eigenvalue weighted by molar-refractivity contribution is 5.92. The van der Waals surface area contributed by atoms with E-state index in [2.05, 4.69) is 12.1 Å². The maximum absolute atomic E-state index is 12.2. The maximum Gasteiger partial charge on any atom is 0.237 e. The Balaban J connectivity index is 0.000000240. The maximum atomic E-state index is 12.2. The predicted octanol–water partition coefficient (Wildman–Crippen LogP) is 3.09. The van der Waals surface area contributed by atoms with Crippen molar-refractivity contribution < 1.29 is 24.5 Å². The van der Waals surface area contributed by atoms with Crippen molar-refractivity contribution in [2.75, 3.05) is 28.3 Å². The molecule has 2 N–H and O–H groups in total. The van der Waals surface area contributed by atoms with Crippen molar-refractivity contribution in [2.45, 2.75) is 52.4 Å². The van der Waals surface area contributed by atoms with E-state index in [0.717, 1.165) is 59.7 Å². The van der Waals surface area contributed by atoms with Crippen LogP contribution in [0, 0.1) is 33.5 Å². The van der Waals surface area contributed by atoms with Gasteiger partial charge in [-0.3, -0.25) is 9.59 Å². The van der Waals surface area contributed by atoms with Crippen LogP contribution in [-0.2, 0) is 19.1 Å². The number of hydrogen-bond donors (Lipinski definition) is 0. The Morgan fingerprint density at radius 3 is 1.43 bits per heavy atom. The number of rotatable bonds is 4. The Hall–Kier alpha value is -3.56. The van der Waals surface area contributed by atoms with Gasteiger partial charge in [0.05, 0.1) is 61.5 Å². The third kappa shape index (κ3) is 4.44. The highest BCUT2D eigenvalue weighted by Gasteiger charge is 2.49. The molecule has 35 heavy (non-hydrogen) atoms. The lowest BCUT2D eigenvalue weighted by molar-refractivity contribution is -0.134. The summed E-state index contributed by atoms with van der Waals surface area (Å²) in [5.74, 6) is 1.81. The average molecular weight is 483 g/mol. The lowest BCUT2D eigenvalue weighted by atomic mass is 9.77. The van der Waals surface area contributed by atoms with E-state index in [4.69, 9.17) is 20.0 Å². The van der Waals surface area contributed by atoms with Gasteiger partial charge in [0.2, 0.25) is 11.8 Å². The predicted molar refractivity (Wildman–Crippen MR) is 129 cm³/mol. The molecule has 0 aromatic carbocycles. The Kier molecular flexibility index (Phi) is 8.20. The molecular weight excluding hydrogens is 448 g/mol. The average Bonchev–Trinajstić information content (AvgIpc) is 3.15. The number of carbonyl (C=O) groups excluding carboxylic acids is 2. The van der Waals surface area contributed by atoms with Crippen LogP contribution in [0.15, 0.2) is 46.2 Å². The highest BCUT2D eigenvalue weighted by Crippen LogP contribution is 2.48. The second-order valence-electron chi connectivity index (χ2n) is 9.42. The Morgan fingerprint density at radius 1 is 0.800 bits per heavy atom. The molecule has 4 rings (SSSR count). The van der Waals surface area contributed by atoms with Crippen LogP contribution in [-0.4, -0.2) is 55.4 Å². The van der Waals surface area contributed by atoms with Crippen LogP contribution in [0.4, 0.5) is 0 Å². The highest BCUT2D eigenvalue weighted by atomic mass is 16.5. The number of nitriles is 2. The van der Waals surface area contributed by atoms with Crippen LogP contribution >= 0.6 is 0 Å². The number of allylic oxidation sites excluding steroid dienone is 4. The van der Waals surface area contributed by atoms with E-state index in [-0.39, 0.29) is 30.1 Å². The van der Waals surface area contributed by atoms with E-state index in [0.29, 0.717) is 0 Å². The molecule has 2 aliphatic heterocycles. The van der Waals surface area contributed by atoms with Gasteiger partial charge in [0, 0.05) is 38.3 Å². The number of hydrogen-bond acceptors (Lipinski definition) is 6. The molecule has 2 aliphatic carbocycles. The molecule has 0 radical (unpaired) electrons. The fraction of sp³-hybridized carbons (Fsp3) is 0.538. The van der Waals surface area contributed by atoms with Gasteiger partial charge < -0.3 is 24.7 Å². The lowest BCUT2D eigenvalue weighted by Gasteiger charge is -2.23. The smallest absolute Gasteiger partial charge is 0.237 e. The van der Waals surface area contributed by atoms with E-state index < -0.39 is 10.8 Å². The number of likely N-dealkylation sites (N-methyl/N-ethyl adjacent to an activating group) is 2. The SMILES string of the molecule is COC1=CC2=C(CC1)C(C)(CC#N)C(=O)N2C.COC1=CC2=C(CC1)C(C)(CC#N)C(=O)N2C.O. The van der Waals surface area contributed by atoms with E-state index in [9.17, 15) is 9.59 Å². The van der Waals surface area contributed by atoms with Crippen molar-refractivity contribution >= 4 is 11.8 Å². The van der Waals surface area contributed by atoms with E-state index >= 15 is 0 Å². The van der Waals surface area contributed by atoms with Crippen LogP contribution < -0.4 is 0 Å². The summed E-state index contributed by atoms with van der Waals surface area (Å²) in [6, 6.07) is 4.25. The molecule has 4 aliphatic rings. The lowest BCUT2D eigenvalue weighted by Crippen LogP contribution is -2.32. The van der Waals surface area contributed by atoms with Crippen LogP contribution in [0.25, 0.3) is 0 Å². The van der Waals surface area contributed by atoms with Crippen LogP contribution in [0.2, 0.25) is 0 Å². The molecule has 0 aromatic heterocycles. The Bertz CT molecular complexity index is 1030. The molecule has 0 saturated heterocycles. The minimum atomic E-state index is -0.644. The number of carbonyl (C=O) groups is 2. The molecule has 9 heteroatoms. The van der Waals surface area contributed by atoms with Gasteiger partial charge in [-0.25, -0.2) is 0 Å². The topological polar surface area (TPSA) is 138 Å². The molecule has 2 atom stereocenters. The molecule has 0 aromatic rings. The zero-order valence-corrected chi connectivity index (χ0v) is 21.3. The van der Waals surface area contributed by atoms with E-state index in [1.54, 1.807) is 38.1 Å². The second-order valence-corrected chi connectivity index (χ2v) is 9.42. The summed E-state index contributed by atoms with van der Waals surface area (Å²) < 4.78 is 10.5. The normalized spacial score (nSPS) is 27.0. The zero-order chi connectivity index (χ0) is 25.3. The molecule has 0 spiro atoms. The third-order valence-electron chi connectivity index (χ3n) is 7.45. The molecule has 2 amide bonds. The summed E-state index contributed by atoms with van der Waals surface area (Å²) >= 11 is 0. The number of amides is 2. The van der Waals surface area contributed by atoms with Crippen molar-refractivity contribution in [3.05, 3.63) is 46.2 Å². The first-order chi connectivity index (χ1) is 16.1. The summed E-state index contributed by atoms with van der Waals surface area (Å²) in [5, 5.41) is 17.8. The molecule has 2 heterocycles. The van der Waals surface area contributed by atoms with Crippen LogP contribution in [0.3, 0.4) is 0 Å². The molecular formula is C26H34N4O5. The quantitative estimate of drug-likeness (QED) is 0.603. The minimum absolute atomic E-state index is 0. The Morgan fingerprint density at radius 2 is 1.14 bits per heavy atom. The fourth-order valence-electron chi connectivity index (χ4n) is 5.31. The Labute approximate surface area is 206 Å². The van der Waals surface area contributed by atoms with Crippen molar-refractivity contribution in [3.8, 4) is 12.1 Å². The van der Waals surface area contributed by atoms with Gasteiger partial charge >= 0.3 is 0 Å². The molecule has 2 unspecified atom stereocenters. The van der Waals surface area contributed by atoms with Gasteiger partial charge in [-0.2, -0.15) is 10.5 Å². The van der Waals surface area contributed by atoms with E-state index in [1.165, 1.54) is 0 Å². The summed E-state index contributed by atoms with van der Waals surface area (Å²) in [5.41, 5.74) is 2.69. The van der Waals surface area contributed by atoms with Crippen molar-refractivity contribution in [2.24, 2.45) is 10.8 Å². The summed E-state index contributed by atoms with van der Waals surface area (Å²) in [6.07, 6.45) is 7.51. The molecule has 9 nitrogen and oxygen atoms in total. The second kappa shape index (κ2) is 10.4. The monoisotopic (exact) mass is 482 g/mol. The van der Waals surface area contributed by atoms with E-state index in [1.807, 2.05) is 26.0 Å². The zero-order valence-electron chi connectivity index (χ0n) is 21.3. The van der Waals surface area contributed by atoms with Gasteiger partial charge in [0.25, 0.3) is 0 Å². The van der Waals surface area contributed by atoms with Crippen LogP contribution in [0.5, 0.6) is 0 Å². The fourth-order valence-corrected chi connectivity index (χ4v) is 5.31. The first kappa shape index (κ1) is 27.7. The number of nitrogens with zero attached hydrogens (tertiary/aromatic N) is 4. The van der Waals surface area contributed by atoms with Crippen molar-refractivity contribution in [3.63, 3.8) is 0 Å². The standard InChI is InChI=1S/2C13H16N2O2.H2O/c2*1-13(6-7-14)10-5-4-9(17-3)8-11(10)15(2)12(13)16;/h2*8H,4-6H2,1-3H3;1H2. The van der Waals surface area contributed by atoms with Crippen LogP contribution in [0.1, 0.15) is 52.4 Å². The van der Waals surface area contributed by atoms with Gasteiger partial charge in [0.1, 0.15) is 0 Å². The minimum Gasteiger partial charge on any atom is -0.501 e. The van der Waals surface area contributed by atoms with Gasteiger partial charge in [0.15, 0.2) is 0 Å². The van der Waals surface area contributed by atoms with Gasteiger partial charge in [-0.05, 0) is 50.0 Å². The summed E-state index contributed by atoms with van der Waals surface area (Å²) in [6.45, 7) is 3.73. The summed E-state index contributed by atoms with van der Waals surface area (Å²) in [7, 11) is 6.80. The van der Waals surface area contributed by atoms with Gasteiger partial charge in [-0.1, -0.05) is 0 Å². The largest absolute Gasteiger partial charge is 0.501 e.